The maximum Gasteiger partial charge on any atom is 0.0452 e. The molecule has 1 aliphatic heterocycles. The summed E-state index contributed by atoms with van der Waals surface area (Å²) in [4.78, 5) is 0. The number of nitrogens with two attached hydrogens (primary N) is 1. The van der Waals surface area contributed by atoms with E-state index in [9.17, 15) is 0 Å². The number of hydrogen-bond donors (Lipinski definition) is 1. The zero-order valence-corrected chi connectivity index (χ0v) is 9.79. The molecule has 0 spiro atoms. The molecule has 0 fully saturated rings. The minimum Gasteiger partial charge on any atom is -0.324 e. The Morgan fingerprint density at radius 3 is 3.07 bits per heavy atom. The largest absolute Gasteiger partial charge is 0.324 e. The maximum atomic E-state index is 6.22. The zero-order chi connectivity index (χ0) is 10.1. The summed E-state index contributed by atoms with van der Waals surface area (Å²) in [5.74, 6) is 2.13. The zero-order valence-electron chi connectivity index (χ0n) is 8.22. The fourth-order valence-electron chi connectivity index (χ4n) is 1.82. The minimum absolute atomic E-state index is 0.164. The molecule has 14 heavy (non-hydrogen) atoms. The van der Waals surface area contributed by atoms with E-state index in [-0.39, 0.29) is 6.04 Å². The van der Waals surface area contributed by atoms with Crippen molar-refractivity contribution >= 4 is 23.4 Å². The lowest BCUT2D eigenvalue weighted by Gasteiger charge is -2.14. The molecule has 2 rings (SSSR count). The van der Waals surface area contributed by atoms with Crippen LogP contribution in [0.15, 0.2) is 12.1 Å². The van der Waals surface area contributed by atoms with E-state index in [1.54, 1.807) is 0 Å². The Morgan fingerprint density at radius 2 is 2.29 bits per heavy atom. The van der Waals surface area contributed by atoms with Crippen molar-refractivity contribution < 1.29 is 0 Å². The highest BCUT2D eigenvalue weighted by atomic mass is 35.5. The lowest BCUT2D eigenvalue weighted by atomic mass is 9.98. The molecule has 1 atom stereocenters. The van der Waals surface area contributed by atoms with Crippen molar-refractivity contribution in [2.75, 3.05) is 5.75 Å². The van der Waals surface area contributed by atoms with Gasteiger partial charge in [0.25, 0.3) is 0 Å². The lowest BCUT2D eigenvalue weighted by Crippen LogP contribution is -2.11. The smallest absolute Gasteiger partial charge is 0.0452 e. The maximum absolute atomic E-state index is 6.22. The Morgan fingerprint density at radius 1 is 1.50 bits per heavy atom. The highest BCUT2D eigenvalue weighted by molar-refractivity contribution is 7.98. The summed E-state index contributed by atoms with van der Waals surface area (Å²) >= 11 is 8.13. The topological polar surface area (TPSA) is 26.0 Å². The third kappa shape index (κ3) is 1.92. The van der Waals surface area contributed by atoms with Crippen LogP contribution in [0.25, 0.3) is 0 Å². The summed E-state index contributed by atoms with van der Waals surface area (Å²) in [6, 6.07) is 4.37. The number of aryl methyl sites for hydroxylation is 1. The average Bonchev–Trinajstić information content (AvgIpc) is 2.29. The van der Waals surface area contributed by atoms with Gasteiger partial charge >= 0.3 is 0 Å². The van der Waals surface area contributed by atoms with Gasteiger partial charge in [-0.1, -0.05) is 17.7 Å². The van der Waals surface area contributed by atoms with Crippen molar-refractivity contribution in [1.82, 2.24) is 0 Å². The molecule has 0 unspecified atom stereocenters. The van der Waals surface area contributed by atoms with Crippen molar-refractivity contribution in [1.29, 1.82) is 0 Å². The second-order valence-corrected chi connectivity index (χ2v) is 5.27. The van der Waals surface area contributed by atoms with Gasteiger partial charge in [-0.2, -0.15) is 11.8 Å². The van der Waals surface area contributed by atoms with E-state index in [1.807, 2.05) is 17.8 Å². The monoisotopic (exact) mass is 227 g/mol. The molecule has 3 heteroatoms. The number of rotatable bonds is 0. The number of hydrogen-bond acceptors (Lipinski definition) is 2. The molecule has 0 radical (unpaired) electrons. The van der Waals surface area contributed by atoms with E-state index in [0.717, 1.165) is 22.9 Å². The van der Waals surface area contributed by atoms with Crippen molar-refractivity contribution in [3.8, 4) is 0 Å². The van der Waals surface area contributed by atoms with Gasteiger partial charge < -0.3 is 5.73 Å². The fraction of sp³-hybridized carbons (Fsp3) is 0.455. The molecule has 1 nitrogen and oxygen atoms in total. The van der Waals surface area contributed by atoms with Crippen LogP contribution in [0.1, 0.15) is 29.2 Å². The Kier molecular flexibility index (Phi) is 3.05. The second-order valence-electron chi connectivity index (χ2n) is 3.76. The third-order valence-corrected chi connectivity index (χ3v) is 3.95. The highest BCUT2D eigenvalue weighted by Crippen LogP contribution is 2.34. The Hall–Kier alpha value is -0.180. The minimum atomic E-state index is 0.164. The molecule has 0 bridgehead atoms. The molecule has 0 aromatic heterocycles. The summed E-state index contributed by atoms with van der Waals surface area (Å²) in [5.41, 5.74) is 9.81. The quantitative estimate of drug-likeness (QED) is 0.736. The van der Waals surface area contributed by atoms with Crippen LogP contribution in [0.5, 0.6) is 0 Å². The van der Waals surface area contributed by atoms with Gasteiger partial charge in [-0.3, -0.25) is 0 Å². The molecule has 1 aromatic rings. The van der Waals surface area contributed by atoms with Crippen LogP contribution in [0, 0.1) is 6.92 Å². The van der Waals surface area contributed by atoms with Crippen LogP contribution in [0.4, 0.5) is 0 Å². The molecule has 0 aliphatic carbocycles. The first-order valence-corrected chi connectivity index (χ1v) is 6.34. The van der Waals surface area contributed by atoms with Crippen LogP contribution >= 0.6 is 23.4 Å². The molecule has 1 aliphatic rings. The van der Waals surface area contributed by atoms with Gasteiger partial charge in [0.15, 0.2) is 0 Å². The van der Waals surface area contributed by atoms with E-state index < -0.39 is 0 Å². The number of halogens is 1. The van der Waals surface area contributed by atoms with Crippen LogP contribution < -0.4 is 5.73 Å². The van der Waals surface area contributed by atoms with Crippen LogP contribution in [0.2, 0.25) is 5.02 Å². The summed E-state index contributed by atoms with van der Waals surface area (Å²) in [6.45, 7) is 2.07. The summed E-state index contributed by atoms with van der Waals surface area (Å²) in [7, 11) is 0. The Balaban J connectivity index is 2.53. The SMILES string of the molecule is Cc1cc(Cl)c2c(c1)[C@H](N)CCSC2. The van der Waals surface area contributed by atoms with Gasteiger partial charge in [0.1, 0.15) is 0 Å². The van der Waals surface area contributed by atoms with Crippen molar-refractivity contribution in [3.05, 3.63) is 33.8 Å². The predicted molar refractivity (Wildman–Crippen MR) is 63.9 cm³/mol. The first-order chi connectivity index (χ1) is 6.68. The Bertz CT molecular complexity index is 351. The first-order valence-electron chi connectivity index (χ1n) is 4.80. The molecule has 1 heterocycles. The van der Waals surface area contributed by atoms with Crippen molar-refractivity contribution in [2.24, 2.45) is 5.73 Å². The van der Waals surface area contributed by atoms with Gasteiger partial charge in [-0.15, -0.1) is 0 Å². The number of benzene rings is 1. The van der Waals surface area contributed by atoms with E-state index >= 15 is 0 Å². The van der Waals surface area contributed by atoms with Crippen molar-refractivity contribution in [3.63, 3.8) is 0 Å². The highest BCUT2D eigenvalue weighted by Gasteiger charge is 2.17. The average molecular weight is 228 g/mol. The van der Waals surface area contributed by atoms with Crippen LogP contribution in [-0.4, -0.2) is 5.75 Å². The van der Waals surface area contributed by atoms with E-state index in [0.29, 0.717) is 0 Å². The summed E-state index contributed by atoms with van der Waals surface area (Å²) in [6.07, 6.45) is 1.05. The molecule has 1 aromatic carbocycles. The van der Waals surface area contributed by atoms with Crippen LogP contribution in [-0.2, 0) is 5.75 Å². The summed E-state index contributed by atoms with van der Waals surface area (Å²) in [5, 5.41) is 0.879. The molecule has 2 N–H and O–H groups in total. The normalized spacial score (nSPS) is 21.5. The molecule has 0 saturated heterocycles. The Labute approximate surface area is 94.0 Å². The molecule has 0 saturated carbocycles. The second kappa shape index (κ2) is 4.13. The van der Waals surface area contributed by atoms with Crippen molar-refractivity contribution in [2.45, 2.75) is 25.1 Å². The van der Waals surface area contributed by atoms with Gasteiger partial charge in [0, 0.05) is 16.8 Å². The molecule has 76 valence electrons. The summed E-state index contributed by atoms with van der Waals surface area (Å²) < 4.78 is 0. The standard InChI is InChI=1S/C11H14ClNS/c1-7-4-8-9(10(12)5-7)6-14-3-2-11(8)13/h4-5,11H,2-3,6,13H2,1H3/t11-/m1/s1. The van der Waals surface area contributed by atoms with E-state index in [2.05, 4.69) is 13.0 Å². The predicted octanol–water partition coefficient (Wildman–Crippen LogP) is 3.29. The third-order valence-electron chi connectivity index (χ3n) is 2.59. The van der Waals surface area contributed by atoms with Gasteiger partial charge in [0.2, 0.25) is 0 Å². The lowest BCUT2D eigenvalue weighted by molar-refractivity contribution is 0.705. The molecular weight excluding hydrogens is 214 g/mol. The van der Waals surface area contributed by atoms with Gasteiger partial charge in [-0.25, -0.2) is 0 Å². The van der Waals surface area contributed by atoms with E-state index in [1.165, 1.54) is 16.7 Å². The van der Waals surface area contributed by atoms with Gasteiger partial charge in [0.05, 0.1) is 0 Å². The van der Waals surface area contributed by atoms with E-state index in [4.69, 9.17) is 17.3 Å². The molecule has 0 amide bonds. The number of thioether (sulfide) groups is 1. The van der Waals surface area contributed by atoms with Gasteiger partial charge in [-0.05, 0) is 41.9 Å². The van der Waals surface area contributed by atoms with Crippen LogP contribution in [0.3, 0.4) is 0 Å². The molecular formula is C11H14ClNS. The fourth-order valence-corrected chi connectivity index (χ4v) is 3.34. The first kappa shape index (κ1) is 10.3. The number of fused-ring (bicyclic) bond motifs is 1.